The summed E-state index contributed by atoms with van der Waals surface area (Å²) in [5.41, 5.74) is 2.94. The molecular weight excluding hydrogens is 599 g/mol. The molecule has 0 spiro atoms. The molecule has 0 bridgehead atoms. The number of hydrogen-bond donors (Lipinski definition) is 3. The SMILES string of the molecule is CCOc1ccc(C(Cc2ccc(C(=O)NCCS(=O)(=O)O)cc2)C(=O)Nc2ccc(-c3cc4ccccc4o3)cc2F)cc1. The van der Waals surface area contributed by atoms with Gasteiger partial charge in [0.15, 0.2) is 0 Å². The van der Waals surface area contributed by atoms with E-state index in [0.717, 1.165) is 10.9 Å². The monoisotopic (exact) mass is 630 g/mol. The first-order valence-corrected chi connectivity index (χ1v) is 15.8. The van der Waals surface area contributed by atoms with Gasteiger partial charge >= 0.3 is 0 Å². The Kier molecular flexibility index (Phi) is 9.60. The fraction of sp³-hybridized carbons (Fsp3) is 0.176. The quantitative estimate of drug-likeness (QED) is 0.139. The van der Waals surface area contributed by atoms with Crippen LogP contribution in [-0.2, 0) is 21.3 Å². The summed E-state index contributed by atoms with van der Waals surface area (Å²) in [6.45, 7) is 2.12. The molecule has 1 heterocycles. The maximum atomic E-state index is 15.3. The highest BCUT2D eigenvalue weighted by atomic mass is 32.2. The number of ether oxygens (including phenoxy) is 1. The maximum absolute atomic E-state index is 15.3. The van der Waals surface area contributed by atoms with Crippen molar-refractivity contribution in [2.75, 3.05) is 24.2 Å². The highest BCUT2D eigenvalue weighted by molar-refractivity contribution is 7.85. The molecule has 45 heavy (non-hydrogen) atoms. The van der Waals surface area contributed by atoms with E-state index in [1.54, 1.807) is 54.6 Å². The second kappa shape index (κ2) is 13.7. The first-order chi connectivity index (χ1) is 21.6. The number of halogens is 1. The third-order valence-electron chi connectivity index (χ3n) is 7.15. The highest BCUT2D eigenvalue weighted by Gasteiger charge is 2.23. The van der Waals surface area contributed by atoms with Crippen LogP contribution in [0.25, 0.3) is 22.3 Å². The van der Waals surface area contributed by atoms with E-state index in [1.807, 2.05) is 37.3 Å². The molecule has 0 aliphatic rings. The van der Waals surface area contributed by atoms with Crippen molar-refractivity contribution < 1.29 is 36.1 Å². The van der Waals surface area contributed by atoms with Crippen molar-refractivity contribution in [3.8, 4) is 17.1 Å². The van der Waals surface area contributed by atoms with Crippen LogP contribution in [0.5, 0.6) is 5.75 Å². The normalized spacial score (nSPS) is 12.1. The van der Waals surface area contributed by atoms with Gasteiger partial charge in [0.05, 0.1) is 24.0 Å². The standard InChI is InChI=1S/C34H31FN2O7S/c1-2-43-27-14-11-23(12-15-27)28(19-22-7-9-24(10-8-22)33(38)36-17-18-45(40,41)42)34(39)37-30-16-13-26(20-29(30)35)32-21-25-5-3-4-6-31(25)44-32/h3-16,20-21,28H,2,17-19H2,1H3,(H,36,38)(H,37,39)(H,40,41,42). The van der Waals surface area contributed by atoms with E-state index < -0.39 is 39.4 Å². The van der Waals surface area contributed by atoms with Crippen molar-refractivity contribution in [3.05, 3.63) is 120 Å². The number of para-hydroxylation sites is 1. The lowest BCUT2D eigenvalue weighted by atomic mass is 9.90. The first-order valence-electron chi connectivity index (χ1n) is 14.2. The fourth-order valence-electron chi connectivity index (χ4n) is 4.86. The minimum absolute atomic E-state index is 0.0210. The van der Waals surface area contributed by atoms with Crippen LogP contribution in [0.4, 0.5) is 10.1 Å². The van der Waals surface area contributed by atoms with Crippen LogP contribution >= 0.6 is 0 Å². The molecule has 11 heteroatoms. The van der Waals surface area contributed by atoms with Crippen molar-refractivity contribution in [1.29, 1.82) is 0 Å². The summed E-state index contributed by atoms with van der Waals surface area (Å²) in [4.78, 5) is 26.0. The van der Waals surface area contributed by atoms with Gasteiger partial charge in [0.1, 0.15) is 22.9 Å². The Bertz CT molecular complexity index is 1890. The fourth-order valence-corrected chi connectivity index (χ4v) is 5.22. The number of anilines is 1. The Hall–Kier alpha value is -5.00. The zero-order valence-electron chi connectivity index (χ0n) is 24.3. The summed E-state index contributed by atoms with van der Waals surface area (Å²) in [6.07, 6.45) is 0.239. The van der Waals surface area contributed by atoms with Crippen molar-refractivity contribution >= 4 is 38.6 Å². The Morgan fingerprint density at radius 2 is 1.69 bits per heavy atom. The predicted molar refractivity (Wildman–Crippen MR) is 169 cm³/mol. The van der Waals surface area contributed by atoms with Crippen molar-refractivity contribution in [3.63, 3.8) is 0 Å². The summed E-state index contributed by atoms with van der Waals surface area (Å²) in [5.74, 6) is -1.71. The molecule has 0 aliphatic carbocycles. The lowest BCUT2D eigenvalue weighted by Crippen LogP contribution is -2.28. The van der Waals surface area contributed by atoms with E-state index in [1.165, 1.54) is 12.1 Å². The number of benzene rings is 4. The number of furan rings is 1. The minimum atomic E-state index is -4.20. The number of carbonyl (C=O) groups is 2. The average Bonchev–Trinajstić information content (AvgIpc) is 3.46. The van der Waals surface area contributed by atoms with E-state index in [-0.39, 0.29) is 24.2 Å². The van der Waals surface area contributed by atoms with Crippen LogP contribution in [0.2, 0.25) is 0 Å². The van der Waals surface area contributed by atoms with Crippen LogP contribution in [0, 0.1) is 5.82 Å². The molecule has 1 aromatic heterocycles. The molecule has 0 fully saturated rings. The average molecular weight is 631 g/mol. The van der Waals surface area contributed by atoms with Gasteiger partial charge in [0.25, 0.3) is 16.0 Å². The molecule has 4 aromatic carbocycles. The Morgan fingerprint density at radius 3 is 2.36 bits per heavy atom. The summed E-state index contributed by atoms with van der Waals surface area (Å²) in [5, 5.41) is 6.06. The van der Waals surface area contributed by atoms with Crippen LogP contribution < -0.4 is 15.4 Å². The van der Waals surface area contributed by atoms with Gasteiger partial charge in [-0.2, -0.15) is 8.42 Å². The summed E-state index contributed by atoms with van der Waals surface area (Å²) in [7, 11) is -4.20. The summed E-state index contributed by atoms with van der Waals surface area (Å²) < 4.78 is 57.3. The zero-order chi connectivity index (χ0) is 32.0. The number of amides is 2. The Morgan fingerprint density at radius 1 is 0.956 bits per heavy atom. The lowest BCUT2D eigenvalue weighted by Gasteiger charge is -2.19. The molecule has 0 radical (unpaired) electrons. The second-order valence-electron chi connectivity index (χ2n) is 10.3. The van der Waals surface area contributed by atoms with Gasteiger partial charge in [-0.3, -0.25) is 14.1 Å². The maximum Gasteiger partial charge on any atom is 0.266 e. The molecule has 2 amide bonds. The van der Waals surface area contributed by atoms with E-state index in [2.05, 4.69) is 10.6 Å². The molecule has 9 nitrogen and oxygen atoms in total. The second-order valence-corrected chi connectivity index (χ2v) is 11.9. The molecule has 0 saturated heterocycles. The molecule has 3 N–H and O–H groups in total. The van der Waals surface area contributed by atoms with Gasteiger partial charge in [-0.05, 0) is 79.1 Å². The molecule has 5 rings (SSSR count). The number of nitrogens with one attached hydrogen (secondary N) is 2. The van der Waals surface area contributed by atoms with Gasteiger partial charge in [-0.25, -0.2) is 4.39 Å². The molecule has 0 aliphatic heterocycles. The number of hydrogen-bond acceptors (Lipinski definition) is 6. The molecule has 0 saturated carbocycles. The third kappa shape index (κ3) is 8.14. The van der Waals surface area contributed by atoms with Crippen molar-refractivity contribution in [2.24, 2.45) is 0 Å². The minimum Gasteiger partial charge on any atom is -0.494 e. The van der Waals surface area contributed by atoms with E-state index in [9.17, 15) is 18.0 Å². The molecule has 232 valence electrons. The smallest absolute Gasteiger partial charge is 0.266 e. The lowest BCUT2D eigenvalue weighted by molar-refractivity contribution is -0.117. The van der Waals surface area contributed by atoms with Gasteiger partial charge in [-0.1, -0.05) is 42.5 Å². The van der Waals surface area contributed by atoms with E-state index in [0.29, 0.717) is 34.8 Å². The number of fused-ring (bicyclic) bond motifs is 1. The zero-order valence-corrected chi connectivity index (χ0v) is 25.1. The van der Waals surface area contributed by atoms with Gasteiger partial charge < -0.3 is 19.8 Å². The van der Waals surface area contributed by atoms with Crippen molar-refractivity contribution in [2.45, 2.75) is 19.3 Å². The largest absolute Gasteiger partial charge is 0.494 e. The first kappa shape index (κ1) is 31.4. The van der Waals surface area contributed by atoms with Crippen molar-refractivity contribution in [1.82, 2.24) is 5.32 Å². The van der Waals surface area contributed by atoms with Crippen LogP contribution in [0.15, 0.2) is 101 Å². The predicted octanol–water partition coefficient (Wildman–Crippen LogP) is 6.22. The molecular formula is C34H31FN2O7S. The van der Waals surface area contributed by atoms with E-state index in [4.69, 9.17) is 13.7 Å². The van der Waals surface area contributed by atoms with Gasteiger partial charge in [0.2, 0.25) is 5.91 Å². The number of rotatable bonds is 12. The molecule has 1 unspecified atom stereocenters. The highest BCUT2D eigenvalue weighted by Crippen LogP contribution is 2.31. The summed E-state index contributed by atoms with van der Waals surface area (Å²) in [6, 6.07) is 27.4. The van der Waals surface area contributed by atoms with E-state index >= 15 is 4.39 Å². The van der Waals surface area contributed by atoms with Crippen LogP contribution in [0.3, 0.4) is 0 Å². The Labute approximate surface area is 259 Å². The topological polar surface area (TPSA) is 135 Å². The molecule has 1 atom stereocenters. The van der Waals surface area contributed by atoms with Crippen LogP contribution in [0.1, 0.15) is 34.3 Å². The Balaban J connectivity index is 1.34. The van der Waals surface area contributed by atoms with Gasteiger partial charge in [0, 0.05) is 23.1 Å². The molecule has 5 aromatic rings. The number of carbonyl (C=O) groups excluding carboxylic acids is 2. The third-order valence-corrected chi connectivity index (χ3v) is 7.87. The van der Waals surface area contributed by atoms with Gasteiger partial charge in [-0.15, -0.1) is 0 Å². The van der Waals surface area contributed by atoms with Crippen LogP contribution in [-0.4, -0.2) is 43.7 Å². The summed E-state index contributed by atoms with van der Waals surface area (Å²) >= 11 is 0.